The van der Waals surface area contributed by atoms with Crippen molar-refractivity contribution in [2.45, 2.75) is 50.9 Å². The van der Waals surface area contributed by atoms with E-state index in [0.717, 1.165) is 38.5 Å². The molecular weight excluding hydrogens is 176 g/mol. The lowest BCUT2D eigenvalue weighted by atomic mass is 10.1. The molecule has 1 rings (SSSR count). The molecule has 2 nitrogen and oxygen atoms in total. The van der Waals surface area contributed by atoms with Crippen molar-refractivity contribution in [3.63, 3.8) is 0 Å². The lowest BCUT2D eigenvalue weighted by Gasteiger charge is -2.24. The van der Waals surface area contributed by atoms with E-state index in [2.05, 4.69) is 18.7 Å². The zero-order chi connectivity index (χ0) is 10.2. The molecular formula is C12H20O2. The van der Waals surface area contributed by atoms with Crippen LogP contribution in [0.25, 0.3) is 0 Å². The summed E-state index contributed by atoms with van der Waals surface area (Å²) in [4.78, 5) is 0. The van der Waals surface area contributed by atoms with Crippen LogP contribution in [0.15, 0.2) is 24.8 Å². The first-order chi connectivity index (χ1) is 6.83. The van der Waals surface area contributed by atoms with Crippen molar-refractivity contribution in [2.24, 2.45) is 0 Å². The molecule has 1 heterocycles. The quantitative estimate of drug-likeness (QED) is 0.541. The van der Waals surface area contributed by atoms with Gasteiger partial charge in [-0.1, -0.05) is 18.2 Å². The van der Waals surface area contributed by atoms with E-state index in [-0.39, 0.29) is 6.10 Å². The maximum Gasteiger partial charge on any atom is 0.155 e. The lowest BCUT2D eigenvalue weighted by Crippen LogP contribution is -2.25. The van der Waals surface area contributed by atoms with Crippen molar-refractivity contribution in [2.75, 3.05) is 0 Å². The van der Waals surface area contributed by atoms with Crippen LogP contribution >= 0.6 is 0 Å². The van der Waals surface area contributed by atoms with Crippen LogP contribution in [0.5, 0.6) is 0 Å². The van der Waals surface area contributed by atoms with Crippen molar-refractivity contribution in [1.82, 2.24) is 0 Å². The lowest BCUT2D eigenvalue weighted by molar-refractivity contribution is -0.147. The topological polar surface area (TPSA) is 29.5 Å². The predicted molar refractivity (Wildman–Crippen MR) is 57.9 cm³/mol. The van der Waals surface area contributed by atoms with Crippen LogP contribution in [0, 0.1) is 0 Å². The van der Waals surface area contributed by atoms with Gasteiger partial charge in [-0.15, -0.1) is 6.58 Å². The second-order valence-corrected chi connectivity index (χ2v) is 3.71. The van der Waals surface area contributed by atoms with E-state index in [1.54, 1.807) is 0 Å². The van der Waals surface area contributed by atoms with Crippen molar-refractivity contribution >= 4 is 0 Å². The van der Waals surface area contributed by atoms with E-state index >= 15 is 0 Å². The van der Waals surface area contributed by atoms with Crippen LogP contribution in [-0.2, 0) is 4.74 Å². The van der Waals surface area contributed by atoms with Crippen molar-refractivity contribution < 1.29 is 9.84 Å². The number of aliphatic hydroxyl groups is 1. The molecule has 0 bridgehead atoms. The second kappa shape index (κ2) is 6.80. The number of unbranched alkanes of at least 4 members (excludes halogenated alkanes) is 2. The van der Waals surface area contributed by atoms with Crippen molar-refractivity contribution in [1.29, 1.82) is 0 Å². The number of allylic oxidation sites excluding steroid dienone is 2. The summed E-state index contributed by atoms with van der Waals surface area (Å²) in [7, 11) is 0. The molecule has 2 heteroatoms. The summed E-state index contributed by atoms with van der Waals surface area (Å²) in [6, 6.07) is 0. The average Bonchev–Trinajstić information content (AvgIpc) is 2.18. The molecule has 1 saturated heterocycles. The molecule has 0 saturated carbocycles. The van der Waals surface area contributed by atoms with Gasteiger partial charge in [0, 0.05) is 0 Å². The fourth-order valence-electron chi connectivity index (χ4n) is 1.60. The maximum absolute atomic E-state index is 9.25. The van der Waals surface area contributed by atoms with Crippen molar-refractivity contribution in [3.8, 4) is 0 Å². The van der Waals surface area contributed by atoms with Crippen molar-refractivity contribution in [3.05, 3.63) is 24.8 Å². The van der Waals surface area contributed by atoms with Crippen LogP contribution in [-0.4, -0.2) is 17.5 Å². The van der Waals surface area contributed by atoms with E-state index in [4.69, 9.17) is 4.74 Å². The van der Waals surface area contributed by atoms with E-state index < -0.39 is 6.29 Å². The molecule has 2 atom stereocenters. The molecule has 80 valence electrons. The highest BCUT2D eigenvalue weighted by molar-refractivity contribution is 4.91. The minimum Gasteiger partial charge on any atom is -0.368 e. The van der Waals surface area contributed by atoms with E-state index in [9.17, 15) is 5.11 Å². The Balaban J connectivity index is 2.12. The number of ether oxygens (including phenoxy) is 1. The summed E-state index contributed by atoms with van der Waals surface area (Å²) >= 11 is 0. The molecule has 1 N–H and O–H groups in total. The molecule has 1 aliphatic heterocycles. The first-order valence-corrected chi connectivity index (χ1v) is 5.44. The van der Waals surface area contributed by atoms with Crippen LogP contribution in [0.3, 0.4) is 0 Å². The molecule has 0 aromatic heterocycles. The third-order valence-electron chi connectivity index (χ3n) is 2.40. The van der Waals surface area contributed by atoms with Gasteiger partial charge in [0.2, 0.25) is 0 Å². The van der Waals surface area contributed by atoms with Gasteiger partial charge in [-0.3, -0.25) is 0 Å². The molecule has 0 radical (unpaired) electrons. The van der Waals surface area contributed by atoms with Gasteiger partial charge >= 0.3 is 0 Å². The fourth-order valence-corrected chi connectivity index (χ4v) is 1.60. The zero-order valence-corrected chi connectivity index (χ0v) is 8.69. The van der Waals surface area contributed by atoms with E-state index in [1.807, 2.05) is 6.08 Å². The summed E-state index contributed by atoms with van der Waals surface area (Å²) in [5, 5.41) is 9.25. The third-order valence-corrected chi connectivity index (χ3v) is 2.40. The monoisotopic (exact) mass is 196 g/mol. The number of aliphatic hydroxyl groups excluding tert-OH is 1. The smallest absolute Gasteiger partial charge is 0.155 e. The van der Waals surface area contributed by atoms with Crippen LogP contribution < -0.4 is 0 Å². The second-order valence-electron chi connectivity index (χ2n) is 3.71. The van der Waals surface area contributed by atoms with Gasteiger partial charge in [-0.05, 0) is 38.5 Å². The summed E-state index contributed by atoms with van der Waals surface area (Å²) in [5.74, 6) is 0. The van der Waals surface area contributed by atoms with Gasteiger partial charge in [0.25, 0.3) is 0 Å². The highest BCUT2D eigenvalue weighted by Gasteiger charge is 2.17. The Kier molecular flexibility index (Phi) is 5.57. The van der Waals surface area contributed by atoms with Gasteiger partial charge in [-0.25, -0.2) is 0 Å². The summed E-state index contributed by atoms with van der Waals surface area (Å²) in [6.07, 6.45) is 11.9. The highest BCUT2D eigenvalue weighted by atomic mass is 16.6. The molecule has 0 amide bonds. The highest BCUT2D eigenvalue weighted by Crippen LogP contribution is 2.18. The first kappa shape index (κ1) is 11.5. The standard InChI is InChI=1S/C12H20O2/c1-2-3-4-5-6-8-11-9-7-10-12(13)14-11/h2,6,8,11-13H,1,3-5,7,9-10H2. The van der Waals surface area contributed by atoms with E-state index in [0.29, 0.717) is 0 Å². The summed E-state index contributed by atoms with van der Waals surface area (Å²) in [5.41, 5.74) is 0. The molecule has 1 aliphatic rings. The van der Waals surface area contributed by atoms with Crippen LogP contribution in [0.4, 0.5) is 0 Å². The SMILES string of the molecule is C=CCCCC=CC1CCCC(O)O1. The van der Waals surface area contributed by atoms with Gasteiger partial charge in [0.15, 0.2) is 6.29 Å². The molecule has 0 aromatic rings. The Hall–Kier alpha value is -0.600. The maximum atomic E-state index is 9.25. The third kappa shape index (κ3) is 4.58. The largest absolute Gasteiger partial charge is 0.368 e. The Morgan fingerprint density at radius 3 is 2.93 bits per heavy atom. The molecule has 0 aliphatic carbocycles. The number of hydrogen-bond donors (Lipinski definition) is 1. The molecule has 0 spiro atoms. The number of rotatable bonds is 5. The molecule has 1 fully saturated rings. The Bertz CT molecular complexity index is 187. The first-order valence-electron chi connectivity index (χ1n) is 5.44. The van der Waals surface area contributed by atoms with Gasteiger partial charge in [-0.2, -0.15) is 0 Å². The Labute approximate surface area is 86.3 Å². The Morgan fingerprint density at radius 2 is 2.21 bits per heavy atom. The zero-order valence-electron chi connectivity index (χ0n) is 8.69. The van der Waals surface area contributed by atoms with Gasteiger partial charge in [0.05, 0.1) is 6.10 Å². The molecule has 14 heavy (non-hydrogen) atoms. The van der Waals surface area contributed by atoms with Crippen LogP contribution in [0.2, 0.25) is 0 Å². The summed E-state index contributed by atoms with van der Waals surface area (Å²) in [6.45, 7) is 3.68. The van der Waals surface area contributed by atoms with Gasteiger partial charge in [0.1, 0.15) is 0 Å². The van der Waals surface area contributed by atoms with Gasteiger partial charge < -0.3 is 9.84 Å². The summed E-state index contributed by atoms with van der Waals surface area (Å²) < 4.78 is 5.34. The Morgan fingerprint density at radius 1 is 1.36 bits per heavy atom. The fraction of sp³-hybridized carbons (Fsp3) is 0.667. The minimum atomic E-state index is -0.549. The van der Waals surface area contributed by atoms with Crippen LogP contribution in [0.1, 0.15) is 38.5 Å². The molecule has 0 aromatic carbocycles. The average molecular weight is 196 g/mol. The number of hydrogen-bond acceptors (Lipinski definition) is 2. The minimum absolute atomic E-state index is 0.127. The van der Waals surface area contributed by atoms with E-state index in [1.165, 1.54) is 0 Å². The normalized spacial score (nSPS) is 28.1. The predicted octanol–water partition coefficient (Wildman–Crippen LogP) is 2.79. The molecule has 2 unspecified atom stereocenters.